The van der Waals surface area contributed by atoms with Crippen LogP contribution in [0.15, 0.2) is 24.4 Å². The second-order valence-electron chi connectivity index (χ2n) is 5.56. The van der Waals surface area contributed by atoms with Crippen LogP contribution in [0.1, 0.15) is 28.9 Å². The largest absolute Gasteiger partial charge is 0.496 e. The van der Waals surface area contributed by atoms with Crippen LogP contribution in [0.5, 0.6) is 5.75 Å². The Labute approximate surface area is 132 Å². The number of piperidine rings is 1. The number of aromatic nitrogens is 3. The highest BCUT2D eigenvalue weighted by Crippen LogP contribution is 2.31. The van der Waals surface area contributed by atoms with Crippen molar-refractivity contribution in [1.29, 1.82) is 0 Å². The van der Waals surface area contributed by atoms with E-state index in [9.17, 15) is 14.3 Å². The minimum absolute atomic E-state index is 0.0675. The minimum Gasteiger partial charge on any atom is -0.496 e. The van der Waals surface area contributed by atoms with Gasteiger partial charge in [-0.05, 0) is 31.0 Å². The molecule has 8 heteroatoms. The highest BCUT2D eigenvalue weighted by Gasteiger charge is 2.39. The number of β-amino-alcohol motifs (C(OH)–C–C–N with tert-alkyl or cyclic N) is 1. The zero-order chi connectivity index (χ0) is 16.4. The number of aromatic amines is 1. The van der Waals surface area contributed by atoms with Crippen molar-refractivity contribution in [2.45, 2.75) is 18.4 Å². The highest BCUT2D eigenvalue weighted by atomic mass is 19.1. The van der Waals surface area contributed by atoms with Crippen LogP contribution in [0, 0.1) is 5.82 Å². The summed E-state index contributed by atoms with van der Waals surface area (Å²) in [5.41, 5.74) is -0.736. The smallest absolute Gasteiger partial charge is 0.257 e. The maximum atomic E-state index is 13.5. The molecule has 0 aliphatic carbocycles. The number of carbonyl (C=O) groups excluding carboxylic acids is 1. The molecular weight excluding hydrogens is 303 g/mol. The van der Waals surface area contributed by atoms with Gasteiger partial charge in [-0.1, -0.05) is 0 Å². The molecule has 0 bridgehead atoms. The summed E-state index contributed by atoms with van der Waals surface area (Å²) in [4.78, 5) is 14.2. The molecule has 0 spiro atoms. The van der Waals surface area contributed by atoms with E-state index in [-0.39, 0.29) is 18.0 Å². The molecule has 122 valence electrons. The fourth-order valence-electron chi connectivity index (χ4n) is 2.86. The molecule has 0 saturated carbocycles. The lowest BCUT2D eigenvalue weighted by Gasteiger charge is -2.38. The molecule has 2 N–H and O–H groups in total. The molecule has 3 rings (SSSR count). The standard InChI is InChI=1S/C15H17FN4O3/c1-23-12-4-3-10(16)7-11(12)14(21)20-6-2-5-15(22,9-20)13-8-17-19-18-13/h3-4,7-8,22H,2,5-6,9H2,1H3,(H,17,18,19). The number of aliphatic hydroxyl groups is 1. The molecule has 1 aromatic heterocycles. The molecule has 7 nitrogen and oxygen atoms in total. The van der Waals surface area contributed by atoms with E-state index in [2.05, 4.69) is 15.4 Å². The van der Waals surface area contributed by atoms with Gasteiger partial charge in [-0.3, -0.25) is 4.79 Å². The molecular formula is C15H17FN4O3. The van der Waals surface area contributed by atoms with Crippen molar-refractivity contribution in [1.82, 2.24) is 20.3 Å². The van der Waals surface area contributed by atoms with E-state index in [1.807, 2.05) is 0 Å². The van der Waals surface area contributed by atoms with Crippen molar-refractivity contribution in [3.8, 4) is 5.75 Å². The Kier molecular flexibility index (Phi) is 3.99. The molecule has 1 amide bonds. The SMILES string of the molecule is COc1ccc(F)cc1C(=O)N1CCCC(O)(c2cn[nH]n2)C1. The zero-order valence-electron chi connectivity index (χ0n) is 12.6. The number of nitrogens with one attached hydrogen (secondary N) is 1. The molecule has 1 saturated heterocycles. The summed E-state index contributed by atoms with van der Waals surface area (Å²) in [5.74, 6) is -0.604. The molecule has 2 aromatic rings. The molecule has 1 aliphatic rings. The minimum atomic E-state index is -1.26. The third-order valence-electron chi connectivity index (χ3n) is 4.04. The van der Waals surface area contributed by atoms with Gasteiger partial charge in [-0.15, -0.1) is 0 Å². The average Bonchev–Trinajstić information content (AvgIpc) is 3.09. The maximum absolute atomic E-state index is 13.5. The van der Waals surface area contributed by atoms with Gasteiger partial charge in [0.2, 0.25) is 0 Å². The number of nitrogens with zero attached hydrogens (tertiary/aromatic N) is 3. The Morgan fingerprint density at radius 3 is 3.04 bits per heavy atom. The van der Waals surface area contributed by atoms with E-state index in [1.165, 1.54) is 30.3 Å². The molecule has 23 heavy (non-hydrogen) atoms. The third-order valence-corrected chi connectivity index (χ3v) is 4.04. The Morgan fingerprint density at radius 1 is 1.52 bits per heavy atom. The predicted octanol–water partition coefficient (Wildman–Crippen LogP) is 1.08. The molecule has 0 radical (unpaired) electrons. The second-order valence-corrected chi connectivity index (χ2v) is 5.56. The number of likely N-dealkylation sites (tertiary alicyclic amines) is 1. The van der Waals surface area contributed by atoms with Crippen LogP contribution in [-0.4, -0.2) is 51.5 Å². The zero-order valence-corrected chi connectivity index (χ0v) is 12.6. The lowest BCUT2D eigenvalue weighted by molar-refractivity contribution is -0.0321. The molecule has 1 unspecified atom stereocenters. The van der Waals surface area contributed by atoms with Gasteiger partial charge in [0, 0.05) is 6.54 Å². The number of carbonyl (C=O) groups is 1. The number of H-pyrrole nitrogens is 1. The molecule has 1 atom stereocenters. The first kappa shape index (κ1) is 15.4. The number of methoxy groups -OCH3 is 1. The van der Waals surface area contributed by atoms with Gasteiger partial charge < -0.3 is 14.7 Å². The second kappa shape index (κ2) is 5.96. The van der Waals surface area contributed by atoms with Crippen LogP contribution in [0.4, 0.5) is 4.39 Å². The monoisotopic (exact) mass is 320 g/mol. The van der Waals surface area contributed by atoms with Gasteiger partial charge in [0.05, 0.1) is 25.4 Å². The van der Waals surface area contributed by atoms with E-state index < -0.39 is 11.4 Å². The summed E-state index contributed by atoms with van der Waals surface area (Å²) in [6.07, 6.45) is 2.52. The summed E-state index contributed by atoms with van der Waals surface area (Å²) in [6.45, 7) is 0.538. The summed E-state index contributed by atoms with van der Waals surface area (Å²) < 4.78 is 18.6. The number of rotatable bonds is 3. The fourth-order valence-corrected chi connectivity index (χ4v) is 2.86. The summed E-state index contributed by atoms with van der Waals surface area (Å²) in [6, 6.07) is 3.79. The first-order valence-electron chi connectivity index (χ1n) is 7.25. The lowest BCUT2D eigenvalue weighted by atomic mass is 9.89. The van der Waals surface area contributed by atoms with E-state index >= 15 is 0 Å². The van der Waals surface area contributed by atoms with Crippen molar-refractivity contribution in [3.05, 3.63) is 41.5 Å². The Balaban J connectivity index is 1.87. The van der Waals surface area contributed by atoms with Gasteiger partial charge in [-0.25, -0.2) is 4.39 Å². The number of benzene rings is 1. The van der Waals surface area contributed by atoms with Gasteiger partial charge in [0.1, 0.15) is 22.9 Å². The number of ether oxygens (including phenoxy) is 1. The van der Waals surface area contributed by atoms with Crippen molar-refractivity contribution >= 4 is 5.91 Å². The summed E-state index contributed by atoms with van der Waals surface area (Å²) in [5, 5.41) is 20.8. The van der Waals surface area contributed by atoms with Gasteiger partial charge in [0.15, 0.2) is 0 Å². The summed E-state index contributed by atoms with van der Waals surface area (Å²) in [7, 11) is 1.42. The number of hydrogen-bond donors (Lipinski definition) is 2. The first-order valence-corrected chi connectivity index (χ1v) is 7.25. The van der Waals surface area contributed by atoms with E-state index in [1.54, 1.807) is 0 Å². The van der Waals surface area contributed by atoms with Crippen molar-refractivity contribution < 1.29 is 19.0 Å². The molecule has 2 heterocycles. The van der Waals surface area contributed by atoms with Crippen LogP contribution in [-0.2, 0) is 5.60 Å². The van der Waals surface area contributed by atoms with Crippen LogP contribution >= 0.6 is 0 Å². The average molecular weight is 320 g/mol. The van der Waals surface area contributed by atoms with Crippen molar-refractivity contribution in [2.75, 3.05) is 20.2 Å². The van der Waals surface area contributed by atoms with Crippen LogP contribution < -0.4 is 4.74 Å². The molecule has 1 aliphatic heterocycles. The van der Waals surface area contributed by atoms with Crippen molar-refractivity contribution in [2.24, 2.45) is 0 Å². The molecule has 1 aromatic carbocycles. The van der Waals surface area contributed by atoms with Gasteiger partial charge >= 0.3 is 0 Å². The third kappa shape index (κ3) is 2.89. The summed E-state index contributed by atoms with van der Waals surface area (Å²) >= 11 is 0. The van der Waals surface area contributed by atoms with E-state index in [0.29, 0.717) is 30.8 Å². The fraction of sp³-hybridized carbons (Fsp3) is 0.400. The number of halogens is 1. The highest BCUT2D eigenvalue weighted by molar-refractivity contribution is 5.97. The van der Waals surface area contributed by atoms with Crippen LogP contribution in [0.2, 0.25) is 0 Å². The van der Waals surface area contributed by atoms with Crippen LogP contribution in [0.3, 0.4) is 0 Å². The maximum Gasteiger partial charge on any atom is 0.257 e. The first-order chi connectivity index (χ1) is 11.0. The normalized spacial score (nSPS) is 21.3. The quantitative estimate of drug-likeness (QED) is 0.883. The number of amides is 1. The van der Waals surface area contributed by atoms with Crippen LogP contribution in [0.25, 0.3) is 0 Å². The van der Waals surface area contributed by atoms with E-state index in [0.717, 1.165) is 6.07 Å². The van der Waals surface area contributed by atoms with Gasteiger partial charge in [0.25, 0.3) is 5.91 Å². The number of hydrogen-bond acceptors (Lipinski definition) is 5. The topological polar surface area (TPSA) is 91.3 Å². The molecule has 1 fully saturated rings. The van der Waals surface area contributed by atoms with Crippen molar-refractivity contribution in [3.63, 3.8) is 0 Å². The van der Waals surface area contributed by atoms with E-state index in [4.69, 9.17) is 4.74 Å². The predicted molar refractivity (Wildman–Crippen MR) is 78.4 cm³/mol. The Morgan fingerprint density at radius 2 is 2.35 bits per heavy atom. The lowest BCUT2D eigenvalue weighted by Crippen LogP contribution is -2.48. The Bertz CT molecular complexity index is 707. The van der Waals surface area contributed by atoms with Gasteiger partial charge in [-0.2, -0.15) is 15.4 Å². The Hall–Kier alpha value is -2.48.